The Bertz CT molecular complexity index is 686. The summed E-state index contributed by atoms with van der Waals surface area (Å²) < 4.78 is 11.1. The number of hydrogen-bond acceptors (Lipinski definition) is 4. The van der Waals surface area contributed by atoms with Crippen molar-refractivity contribution in [2.75, 3.05) is 20.2 Å². The van der Waals surface area contributed by atoms with Crippen LogP contribution in [0.25, 0.3) is 0 Å². The molecule has 26 heavy (non-hydrogen) atoms. The maximum Gasteiger partial charge on any atom is 0.191 e. The summed E-state index contributed by atoms with van der Waals surface area (Å²) in [5.74, 6) is 2.84. The predicted octanol–water partition coefficient (Wildman–Crippen LogP) is 3.86. The highest BCUT2D eigenvalue weighted by Crippen LogP contribution is 2.16. The minimum atomic E-state index is 0. The van der Waals surface area contributed by atoms with Crippen molar-refractivity contribution < 1.29 is 9.26 Å². The summed E-state index contributed by atoms with van der Waals surface area (Å²) in [6.07, 6.45) is 0.884. The fourth-order valence-electron chi connectivity index (χ4n) is 2.26. The largest absolute Gasteiger partial charge is 0.493 e. The van der Waals surface area contributed by atoms with Crippen LogP contribution in [-0.2, 0) is 6.54 Å². The fraction of sp³-hybridized carbons (Fsp3) is 0.474. The third-order valence-electron chi connectivity index (χ3n) is 3.79. The minimum absolute atomic E-state index is 0. The molecule has 0 spiro atoms. The van der Waals surface area contributed by atoms with Crippen molar-refractivity contribution in [1.29, 1.82) is 0 Å². The van der Waals surface area contributed by atoms with Crippen LogP contribution in [0.4, 0.5) is 0 Å². The van der Waals surface area contributed by atoms with E-state index in [0.717, 1.165) is 41.7 Å². The van der Waals surface area contributed by atoms with Gasteiger partial charge in [-0.1, -0.05) is 37.2 Å². The summed E-state index contributed by atoms with van der Waals surface area (Å²) in [7, 11) is 1.75. The molecule has 144 valence electrons. The van der Waals surface area contributed by atoms with Gasteiger partial charge < -0.3 is 19.9 Å². The molecule has 2 rings (SSSR count). The molecule has 0 fully saturated rings. The first-order valence-electron chi connectivity index (χ1n) is 8.68. The predicted molar refractivity (Wildman–Crippen MR) is 115 cm³/mol. The second-order valence-electron chi connectivity index (χ2n) is 6.19. The van der Waals surface area contributed by atoms with Crippen molar-refractivity contribution in [1.82, 2.24) is 15.8 Å². The summed E-state index contributed by atoms with van der Waals surface area (Å²) in [4.78, 5) is 4.21. The Morgan fingerprint density at radius 1 is 1.27 bits per heavy atom. The van der Waals surface area contributed by atoms with Crippen LogP contribution in [0, 0.1) is 6.92 Å². The van der Waals surface area contributed by atoms with E-state index in [9.17, 15) is 0 Å². The molecule has 0 saturated carbocycles. The van der Waals surface area contributed by atoms with Crippen LogP contribution in [0.15, 0.2) is 39.8 Å². The number of aliphatic imine (C=N–C) groups is 1. The van der Waals surface area contributed by atoms with Crippen LogP contribution in [0.1, 0.15) is 43.2 Å². The molecule has 0 bridgehead atoms. The van der Waals surface area contributed by atoms with Gasteiger partial charge in [0.15, 0.2) is 11.7 Å². The number of aromatic nitrogens is 1. The van der Waals surface area contributed by atoms with E-state index in [2.05, 4.69) is 34.6 Å². The average Bonchev–Trinajstić information content (AvgIpc) is 3.08. The summed E-state index contributed by atoms with van der Waals surface area (Å²) >= 11 is 0. The summed E-state index contributed by atoms with van der Waals surface area (Å²) in [5, 5.41) is 10.5. The average molecular weight is 472 g/mol. The zero-order valence-electron chi connectivity index (χ0n) is 15.9. The van der Waals surface area contributed by atoms with Gasteiger partial charge in [0.2, 0.25) is 0 Å². The molecule has 0 radical (unpaired) electrons. The molecular weight excluding hydrogens is 443 g/mol. The van der Waals surface area contributed by atoms with Crippen LogP contribution in [0.2, 0.25) is 0 Å². The summed E-state index contributed by atoms with van der Waals surface area (Å²) in [6.45, 7) is 8.23. The molecular formula is C19H29IN4O2. The lowest BCUT2D eigenvalue weighted by atomic mass is 10.1. The van der Waals surface area contributed by atoms with Gasteiger partial charge in [0, 0.05) is 19.7 Å². The highest BCUT2D eigenvalue weighted by molar-refractivity contribution is 14.0. The van der Waals surface area contributed by atoms with E-state index in [-0.39, 0.29) is 24.0 Å². The number of para-hydroxylation sites is 1. The Morgan fingerprint density at radius 2 is 2.04 bits per heavy atom. The summed E-state index contributed by atoms with van der Waals surface area (Å²) in [5.41, 5.74) is 2.12. The maximum atomic E-state index is 5.78. The molecule has 2 aromatic rings. The van der Waals surface area contributed by atoms with Gasteiger partial charge in [-0.2, -0.15) is 0 Å². The molecule has 1 heterocycles. The van der Waals surface area contributed by atoms with Crippen LogP contribution >= 0.6 is 24.0 Å². The van der Waals surface area contributed by atoms with Crippen molar-refractivity contribution >= 4 is 29.9 Å². The number of hydrogen-bond donors (Lipinski definition) is 2. The van der Waals surface area contributed by atoms with Crippen molar-refractivity contribution in [3.05, 3.63) is 47.3 Å². The van der Waals surface area contributed by atoms with Gasteiger partial charge in [0.1, 0.15) is 5.75 Å². The van der Waals surface area contributed by atoms with E-state index >= 15 is 0 Å². The van der Waals surface area contributed by atoms with Gasteiger partial charge in [-0.05, 0) is 30.9 Å². The Labute approximate surface area is 172 Å². The first-order valence-corrected chi connectivity index (χ1v) is 8.68. The molecule has 0 atom stereocenters. The lowest BCUT2D eigenvalue weighted by molar-refractivity contribution is 0.309. The summed E-state index contributed by atoms with van der Waals surface area (Å²) in [6, 6.07) is 10.0. The topological polar surface area (TPSA) is 71.7 Å². The van der Waals surface area contributed by atoms with Crippen LogP contribution in [0.3, 0.4) is 0 Å². The fourth-order valence-corrected chi connectivity index (χ4v) is 2.26. The highest BCUT2D eigenvalue weighted by atomic mass is 127. The molecule has 6 nitrogen and oxygen atoms in total. The second kappa shape index (κ2) is 11.8. The molecule has 2 N–H and O–H groups in total. The smallest absolute Gasteiger partial charge is 0.191 e. The van der Waals surface area contributed by atoms with Gasteiger partial charge in [0.25, 0.3) is 0 Å². The number of rotatable bonds is 8. The molecule has 0 unspecified atom stereocenters. The molecule has 0 aliphatic rings. The van der Waals surface area contributed by atoms with E-state index in [4.69, 9.17) is 9.26 Å². The lowest BCUT2D eigenvalue weighted by Gasteiger charge is -2.12. The van der Waals surface area contributed by atoms with E-state index in [1.807, 2.05) is 37.3 Å². The third kappa shape index (κ3) is 7.23. The van der Waals surface area contributed by atoms with Crippen LogP contribution in [-0.4, -0.2) is 31.3 Å². The number of aryl methyl sites for hydroxylation is 1. The van der Waals surface area contributed by atoms with Gasteiger partial charge in [-0.25, -0.2) is 0 Å². The number of nitrogens with one attached hydrogen (secondary N) is 2. The zero-order chi connectivity index (χ0) is 18.1. The molecule has 1 aromatic heterocycles. The van der Waals surface area contributed by atoms with E-state index in [1.54, 1.807) is 7.05 Å². The Kier molecular flexibility index (Phi) is 10.1. The Hall–Kier alpha value is -1.77. The van der Waals surface area contributed by atoms with Crippen LogP contribution < -0.4 is 15.4 Å². The van der Waals surface area contributed by atoms with E-state index in [1.165, 1.54) is 0 Å². The molecule has 7 heteroatoms. The van der Waals surface area contributed by atoms with E-state index < -0.39 is 0 Å². The first kappa shape index (κ1) is 22.3. The SMILES string of the molecule is CN=C(NCCCOc1ccccc1C)NCc1cc(C(C)C)no1.I. The second-order valence-corrected chi connectivity index (χ2v) is 6.19. The number of nitrogens with zero attached hydrogens (tertiary/aromatic N) is 2. The number of guanidine groups is 1. The minimum Gasteiger partial charge on any atom is -0.493 e. The highest BCUT2D eigenvalue weighted by Gasteiger charge is 2.08. The van der Waals surface area contributed by atoms with Crippen molar-refractivity contribution in [3.63, 3.8) is 0 Å². The molecule has 1 aromatic carbocycles. The molecule has 0 saturated heterocycles. The Morgan fingerprint density at radius 3 is 2.69 bits per heavy atom. The van der Waals surface area contributed by atoms with Crippen LogP contribution in [0.5, 0.6) is 5.75 Å². The molecule has 0 aliphatic carbocycles. The standard InChI is InChI=1S/C19H28N4O2.HI/c1-14(2)17-12-16(25-23-17)13-22-19(20-4)21-10-7-11-24-18-9-6-5-8-15(18)3;/h5-6,8-9,12,14H,7,10-11,13H2,1-4H3,(H2,20,21,22);1H. The van der Waals surface area contributed by atoms with E-state index in [0.29, 0.717) is 19.1 Å². The normalized spacial score (nSPS) is 11.2. The maximum absolute atomic E-state index is 5.78. The van der Waals surface area contributed by atoms with Crippen molar-refractivity contribution in [2.45, 2.75) is 39.7 Å². The first-order chi connectivity index (χ1) is 12.1. The lowest BCUT2D eigenvalue weighted by Crippen LogP contribution is -2.37. The number of ether oxygens (including phenoxy) is 1. The Balaban J connectivity index is 0.00000338. The number of halogens is 1. The van der Waals surface area contributed by atoms with Gasteiger partial charge in [-0.15, -0.1) is 24.0 Å². The molecule has 0 amide bonds. The monoisotopic (exact) mass is 472 g/mol. The van der Waals surface area contributed by atoms with Crippen molar-refractivity contribution in [3.8, 4) is 5.75 Å². The number of benzene rings is 1. The third-order valence-corrected chi connectivity index (χ3v) is 3.79. The zero-order valence-corrected chi connectivity index (χ0v) is 18.2. The van der Waals surface area contributed by atoms with Crippen molar-refractivity contribution in [2.24, 2.45) is 4.99 Å². The molecule has 0 aliphatic heterocycles. The van der Waals surface area contributed by atoms with Gasteiger partial charge in [0.05, 0.1) is 18.8 Å². The van der Waals surface area contributed by atoms with Gasteiger partial charge >= 0.3 is 0 Å². The quantitative estimate of drug-likeness (QED) is 0.264. The van der Waals surface area contributed by atoms with Gasteiger partial charge in [-0.3, -0.25) is 4.99 Å².